The summed E-state index contributed by atoms with van der Waals surface area (Å²) >= 11 is 1.92. The predicted octanol–water partition coefficient (Wildman–Crippen LogP) is 9.74. The third-order valence-electron chi connectivity index (χ3n) is 10.0. The van der Waals surface area contributed by atoms with Gasteiger partial charge in [-0.2, -0.15) is 0 Å². The van der Waals surface area contributed by atoms with Crippen molar-refractivity contribution in [3.05, 3.63) is 146 Å². The van der Waals surface area contributed by atoms with E-state index in [-0.39, 0.29) is 0 Å². The second kappa shape index (κ2) is 8.79. The summed E-state index contributed by atoms with van der Waals surface area (Å²) in [6.07, 6.45) is 0. The molecule has 0 aliphatic carbocycles. The Labute approximate surface area is 261 Å². The highest BCUT2D eigenvalue weighted by Gasteiger charge is 2.50. The molecule has 0 saturated heterocycles. The van der Waals surface area contributed by atoms with Crippen LogP contribution in [0.3, 0.4) is 0 Å². The Bertz CT molecular complexity index is 2470. The van der Waals surface area contributed by atoms with Gasteiger partial charge in [-0.3, -0.25) is 0 Å². The third-order valence-corrected chi connectivity index (χ3v) is 15.7. The lowest BCUT2D eigenvalue weighted by atomic mass is 9.98. The smallest absolute Gasteiger partial charge is 0.152 e. The standard InChI is InChI=1S/C41H27NSSi/c1-44-37-16-7-5-13-33(37)42(30-21-19-27(20-22-30)29-18-17-26-9-2-3-10-28(26)25-29)34-14-8-12-32(41(34)44)40-38(44)24-23-36-39(40)31-11-4-6-15-35(31)43-36/h2-25H,1H3. The second-order valence-corrected chi connectivity index (χ2v) is 17.2. The van der Waals surface area contributed by atoms with Gasteiger partial charge in [0.1, 0.15) is 0 Å². The van der Waals surface area contributed by atoms with Gasteiger partial charge in [0.05, 0.1) is 0 Å². The molecule has 0 saturated carbocycles. The summed E-state index contributed by atoms with van der Waals surface area (Å²) in [5.74, 6) is 0. The van der Waals surface area contributed by atoms with Crippen molar-refractivity contribution in [3.63, 3.8) is 0 Å². The number of thiophene rings is 1. The van der Waals surface area contributed by atoms with Crippen molar-refractivity contribution < 1.29 is 0 Å². The number of fused-ring (bicyclic) bond motifs is 10. The topological polar surface area (TPSA) is 3.24 Å². The van der Waals surface area contributed by atoms with E-state index < -0.39 is 8.07 Å². The summed E-state index contributed by atoms with van der Waals surface area (Å²) in [5.41, 5.74) is 9.22. The first-order valence-electron chi connectivity index (χ1n) is 15.3. The molecule has 0 N–H and O–H groups in total. The SMILES string of the molecule is C[Si]12c3ccccc3N(c3ccc(-c4ccc5ccccc5c4)cc3)c3cccc(c31)-c1c2ccc2sc3ccccc3c12. The number of nitrogens with zero attached hydrogens (tertiary/aromatic N) is 1. The molecule has 8 aromatic rings. The zero-order valence-corrected chi connectivity index (χ0v) is 26.0. The molecule has 206 valence electrons. The zero-order chi connectivity index (χ0) is 29.0. The molecule has 1 unspecified atom stereocenters. The Morgan fingerprint density at radius 2 is 1.30 bits per heavy atom. The zero-order valence-electron chi connectivity index (χ0n) is 24.2. The van der Waals surface area contributed by atoms with Gasteiger partial charge in [0.15, 0.2) is 8.07 Å². The number of hydrogen-bond donors (Lipinski definition) is 0. The molecule has 1 aromatic heterocycles. The molecule has 1 nitrogen and oxygen atoms in total. The van der Waals surface area contributed by atoms with Crippen LogP contribution in [0.4, 0.5) is 17.1 Å². The van der Waals surface area contributed by atoms with Gasteiger partial charge >= 0.3 is 0 Å². The highest BCUT2D eigenvalue weighted by Crippen LogP contribution is 2.47. The fourth-order valence-corrected chi connectivity index (χ4v) is 13.8. The molecule has 10 rings (SSSR count). The van der Waals surface area contributed by atoms with Crippen LogP contribution in [0.1, 0.15) is 0 Å². The van der Waals surface area contributed by atoms with E-state index in [0.717, 1.165) is 0 Å². The highest BCUT2D eigenvalue weighted by molar-refractivity contribution is 7.26. The van der Waals surface area contributed by atoms with Crippen LogP contribution >= 0.6 is 11.3 Å². The van der Waals surface area contributed by atoms with Crippen molar-refractivity contribution in [2.45, 2.75) is 6.55 Å². The van der Waals surface area contributed by atoms with Crippen molar-refractivity contribution in [2.75, 3.05) is 4.90 Å². The van der Waals surface area contributed by atoms with Gasteiger partial charge in [0, 0.05) is 37.2 Å². The largest absolute Gasteiger partial charge is 0.311 e. The lowest BCUT2D eigenvalue weighted by molar-refractivity contribution is 1.29. The molecule has 3 heterocycles. The van der Waals surface area contributed by atoms with Gasteiger partial charge in [0.2, 0.25) is 0 Å². The van der Waals surface area contributed by atoms with E-state index in [1.807, 2.05) is 11.3 Å². The number of benzene rings is 7. The van der Waals surface area contributed by atoms with Crippen molar-refractivity contribution in [3.8, 4) is 22.3 Å². The van der Waals surface area contributed by atoms with Gasteiger partial charge < -0.3 is 4.90 Å². The average molecular weight is 594 g/mol. The lowest BCUT2D eigenvalue weighted by Crippen LogP contribution is -2.66. The van der Waals surface area contributed by atoms with Gasteiger partial charge in [-0.05, 0) is 91.1 Å². The Morgan fingerprint density at radius 3 is 2.20 bits per heavy atom. The van der Waals surface area contributed by atoms with Gasteiger partial charge in [-0.1, -0.05) is 110 Å². The Morgan fingerprint density at radius 1 is 0.545 bits per heavy atom. The van der Waals surface area contributed by atoms with Crippen molar-refractivity contribution in [2.24, 2.45) is 0 Å². The molecule has 7 aromatic carbocycles. The fraction of sp³-hybridized carbons (Fsp3) is 0.0244. The molecule has 0 amide bonds. The Hall–Kier alpha value is -4.96. The van der Waals surface area contributed by atoms with Crippen LogP contribution in [0, 0.1) is 0 Å². The summed E-state index contributed by atoms with van der Waals surface area (Å²) in [6, 6.07) is 54.5. The summed E-state index contributed by atoms with van der Waals surface area (Å²) in [4.78, 5) is 2.52. The van der Waals surface area contributed by atoms with Crippen LogP contribution in [0.25, 0.3) is 53.2 Å². The van der Waals surface area contributed by atoms with E-state index in [2.05, 4.69) is 157 Å². The normalized spacial score (nSPS) is 16.3. The minimum Gasteiger partial charge on any atom is -0.311 e. The molecule has 0 spiro atoms. The van der Waals surface area contributed by atoms with Crippen LogP contribution in [0.5, 0.6) is 0 Å². The first-order valence-corrected chi connectivity index (χ1v) is 18.6. The second-order valence-electron chi connectivity index (χ2n) is 12.2. The monoisotopic (exact) mass is 593 g/mol. The van der Waals surface area contributed by atoms with Crippen LogP contribution < -0.4 is 20.5 Å². The maximum Gasteiger partial charge on any atom is 0.152 e. The van der Waals surface area contributed by atoms with Crippen molar-refractivity contribution in [1.29, 1.82) is 0 Å². The predicted molar refractivity (Wildman–Crippen MR) is 193 cm³/mol. The van der Waals surface area contributed by atoms with Gasteiger partial charge in [-0.25, -0.2) is 0 Å². The molecule has 3 heteroatoms. The molecule has 0 radical (unpaired) electrons. The number of rotatable bonds is 2. The molecule has 2 aliphatic heterocycles. The maximum atomic E-state index is 2.58. The molecule has 1 atom stereocenters. The maximum absolute atomic E-state index is 2.58. The quantitative estimate of drug-likeness (QED) is 0.180. The van der Waals surface area contributed by atoms with Crippen LogP contribution in [-0.4, -0.2) is 8.07 Å². The lowest BCUT2D eigenvalue weighted by Gasteiger charge is -2.41. The third kappa shape index (κ3) is 3.13. The molecule has 0 bridgehead atoms. The minimum absolute atomic E-state index is 1.20. The summed E-state index contributed by atoms with van der Waals surface area (Å²) in [5, 5.41) is 9.96. The average Bonchev–Trinajstić information content (AvgIpc) is 3.59. The molecule has 0 fully saturated rings. The van der Waals surface area contributed by atoms with Crippen LogP contribution in [-0.2, 0) is 0 Å². The number of hydrogen-bond acceptors (Lipinski definition) is 2. The Kier molecular flexibility index (Phi) is 4.89. The Balaban J connectivity index is 1.19. The number of anilines is 3. The summed E-state index contributed by atoms with van der Waals surface area (Å²) < 4.78 is 2.75. The number of para-hydroxylation sites is 1. The summed E-state index contributed by atoms with van der Waals surface area (Å²) in [7, 11) is -2.26. The van der Waals surface area contributed by atoms with E-state index in [4.69, 9.17) is 0 Å². The van der Waals surface area contributed by atoms with Gasteiger partial charge in [0.25, 0.3) is 0 Å². The van der Waals surface area contributed by atoms with E-state index in [1.165, 1.54) is 75.4 Å². The first kappa shape index (κ1) is 24.5. The van der Waals surface area contributed by atoms with E-state index in [9.17, 15) is 0 Å². The van der Waals surface area contributed by atoms with E-state index >= 15 is 0 Å². The highest BCUT2D eigenvalue weighted by atomic mass is 32.1. The van der Waals surface area contributed by atoms with Crippen LogP contribution in [0.2, 0.25) is 6.55 Å². The van der Waals surface area contributed by atoms with Crippen molar-refractivity contribution >= 4 is 83.0 Å². The minimum atomic E-state index is -2.26. The van der Waals surface area contributed by atoms with E-state index in [0.29, 0.717) is 0 Å². The first-order chi connectivity index (χ1) is 21.7. The van der Waals surface area contributed by atoms with Crippen LogP contribution in [0.15, 0.2) is 146 Å². The van der Waals surface area contributed by atoms with Crippen molar-refractivity contribution in [1.82, 2.24) is 0 Å². The molecule has 2 aliphatic rings. The molecular weight excluding hydrogens is 567 g/mol. The van der Waals surface area contributed by atoms with E-state index in [1.54, 1.807) is 10.4 Å². The molecular formula is C41H27NSSi. The summed E-state index contributed by atoms with van der Waals surface area (Å²) in [6.45, 7) is 2.58. The fourth-order valence-electron chi connectivity index (χ4n) is 8.06. The van der Waals surface area contributed by atoms with Gasteiger partial charge in [-0.15, -0.1) is 11.3 Å². The molecule has 44 heavy (non-hydrogen) atoms.